The minimum atomic E-state index is -0.613. The van der Waals surface area contributed by atoms with Crippen LogP contribution in [0, 0.1) is 0 Å². The molecule has 0 bridgehead atoms. The Balaban J connectivity index is 1.79. The van der Waals surface area contributed by atoms with Crippen molar-refractivity contribution >= 4 is 46.1 Å². The zero-order chi connectivity index (χ0) is 22.3. The van der Waals surface area contributed by atoms with Gasteiger partial charge in [-0.05, 0) is 0 Å². The molecule has 3 heterocycles. The van der Waals surface area contributed by atoms with E-state index in [1.807, 2.05) is 0 Å². The SMILES string of the molecule is CNC(=O)Oc1cc2c3c(cnc2[nH]1)CN(c1cc(OC)cc(OC)c1Cl)C(=O)N3C. The largest absolute Gasteiger partial charge is 0.497 e. The predicted octanol–water partition coefficient (Wildman–Crippen LogP) is 3.53. The number of aromatic amines is 1. The van der Waals surface area contributed by atoms with Crippen molar-refractivity contribution in [1.82, 2.24) is 15.3 Å². The number of H-pyrrole nitrogens is 1. The summed E-state index contributed by atoms with van der Waals surface area (Å²) in [5.74, 6) is 1.12. The Morgan fingerprint density at radius 2 is 2.03 bits per heavy atom. The molecule has 0 saturated heterocycles. The molecular formula is C20H20ClN5O5. The fraction of sp³-hybridized carbons (Fsp3) is 0.250. The number of fused-ring (bicyclic) bond motifs is 3. The first-order valence-electron chi connectivity index (χ1n) is 9.24. The lowest BCUT2D eigenvalue weighted by Crippen LogP contribution is -2.45. The molecule has 3 aromatic rings. The highest BCUT2D eigenvalue weighted by atomic mass is 35.5. The van der Waals surface area contributed by atoms with Gasteiger partial charge < -0.3 is 24.5 Å². The van der Waals surface area contributed by atoms with Crippen LogP contribution in [-0.2, 0) is 6.54 Å². The van der Waals surface area contributed by atoms with Crippen LogP contribution >= 0.6 is 11.6 Å². The third-order valence-corrected chi connectivity index (χ3v) is 5.39. The molecule has 0 unspecified atom stereocenters. The van der Waals surface area contributed by atoms with Gasteiger partial charge in [-0.2, -0.15) is 0 Å². The van der Waals surface area contributed by atoms with Crippen molar-refractivity contribution in [1.29, 1.82) is 0 Å². The quantitative estimate of drug-likeness (QED) is 0.635. The summed E-state index contributed by atoms with van der Waals surface area (Å²) in [5.41, 5.74) is 2.41. The summed E-state index contributed by atoms with van der Waals surface area (Å²) in [5, 5.41) is 3.33. The number of urea groups is 1. The highest BCUT2D eigenvalue weighted by Crippen LogP contribution is 2.43. The normalized spacial score (nSPS) is 13.3. The first-order chi connectivity index (χ1) is 14.9. The molecule has 0 fully saturated rings. The minimum Gasteiger partial charge on any atom is -0.497 e. The maximum Gasteiger partial charge on any atom is 0.413 e. The first kappa shape index (κ1) is 20.6. The molecule has 0 aliphatic carbocycles. The Morgan fingerprint density at radius 3 is 2.71 bits per heavy atom. The lowest BCUT2D eigenvalue weighted by molar-refractivity contribution is 0.201. The standard InChI is InChI=1S/C20H20ClN5O5/c1-22-19(27)31-15-7-12-17-10(8-23-18(12)24-15)9-26(20(28)25(17)2)13-5-11(29-3)6-14(30-4)16(13)21/h5-8H,9H2,1-4H3,(H,22,27)(H,23,24). The average molecular weight is 446 g/mol. The lowest BCUT2D eigenvalue weighted by atomic mass is 10.1. The monoisotopic (exact) mass is 445 g/mol. The molecule has 11 heteroatoms. The van der Waals surface area contributed by atoms with E-state index >= 15 is 0 Å². The van der Waals surface area contributed by atoms with Crippen molar-refractivity contribution in [3.63, 3.8) is 0 Å². The number of ether oxygens (including phenoxy) is 3. The number of rotatable bonds is 4. The van der Waals surface area contributed by atoms with Gasteiger partial charge in [0, 0.05) is 49.4 Å². The van der Waals surface area contributed by atoms with Crippen LogP contribution in [0.3, 0.4) is 0 Å². The molecule has 162 valence electrons. The Hall–Kier alpha value is -3.66. The number of nitrogens with one attached hydrogen (secondary N) is 2. The molecule has 0 saturated carbocycles. The van der Waals surface area contributed by atoms with E-state index in [0.29, 0.717) is 38.9 Å². The summed E-state index contributed by atoms with van der Waals surface area (Å²) < 4.78 is 15.8. The van der Waals surface area contributed by atoms with Gasteiger partial charge in [0.15, 0.2) is 0 Å². The maximum absolute atomic E-state index is 13.3. The number of aromatic nitrogens is 2. The number of pyridine rings is 1. The Morgan fingerprint density at radius 1 is 1.26 bits per heavy atom. The van der Waals surface area contributed by atoms with E-state index < -0.39 is 6.09 Å². The Bertz CT molecular complexity index is 1190. The third-order valence-electron chi connectivity index (χ3n) is 5.01. The first-order valence-corrected chi connectivity index (χ1v) is 9.62. The molecule has 2 N–H and O–H groups in total. The smallest absolute Gasteiger partial charge is 0.413 e. The molecule has 1 aromatic carbocycles. The lowest BCUT2D eigenvalue weighted by Gasteiger charge is -2.35. The van der Waals surface area contributed by atoms with Gasteiger partial charge in [0.1, 0.15) is 22.2 Å². The molecule has 1 aliphatic rings. The summed E-state index contributed by atoms with van der Waals surface area (Å²) in [6, 6.07) is 4.67. The molecule has 2 aromatic heterocycles. The van der Waals surface area contributed by atoms with Crippen LogP contribution in [-0.4, -0.2) is 50.4 Å². The number of benzene rings is 1. The fourth-order valence-electron chi connectivity index (χ4n) is 3.52. The summed E-state index contributed by atoms with van der Waals surface area (Å²) in [6.45, 7) is 0.230. The van der Waals surface area contributed by atoms with Crippen molar-refractivity contribution in [3.05, 3.63) is 35.0 Å². The van der Waals surface area contributed by atoms with Crippen molar-refractivity contribution < 1.29 is 23.8 Å². The zero-order valence-electron chi connectivity index (χ0n) is 17.3. The molecule has 31 heavy (non-hydrogen) atoms. The Kier molecular flexibility index (Phi) is 5.24. The Labute approximate surface area is 182 Å². The number of methoxy groups -OCH3 is 2. The van der Waals surface area contributed by atoms with Crippen molar-refractivity contribution in [2.24, 2.45) is 0 Å². The fourth-order valence-corrected chi connectivity index (χ4v) is 3.81. The predicted molar refractivity (Wildman–Crippen MR) is 116 cm³/mol. The molecule has 4 rings (SSSR count). The number of hydrogen-bond donors (Lipinski definition) is 2. The molecule has 1 aliphatic heterocycles. The van der Waals surface area contributed by atoms with Crippen LogP contribution in [0.15, 0.2) is 24.4 Å². The van der Waals surface area contributed by atoms with Crippen LogP contribution in [0.5, 0.6) is 17.4 Å². The summed E-state index contributed by atoms with van der Waals surface area (Å²) in [7, 11) is 6.14. The second kappa shape index (κ2) is 7.88. The molecule has 3 amide bonds. The van der Waals surface area contributed by atoms with E-state index in [0.717, 1.165) is 5.56 Å². The van der Waals surface area contributed by atoms with E-state index in [9.17, 15) is 9.59 Å². The molecule has 0 radical (unpaired) electrons. The number of anilines is 2. The number of nitrogens with zero attached hydrogens (tertiary/aromatic N) is 3. The minimum absolute atomic E-state index is 0.221. The topological polar surface area (TPSA) is 109 Å². The second-order valence-electron chi connectivity index (χ2n) is 6.76. The number of hydrogen-bond acceptors (Lipinski definition) is 6. The summed E-state index contributed by atoms with van der Waals surface area (Å²) in [6.07, 6.45) is 1.05. The summed E-state index contributed by atoms with van der Waals surface area (Å²) >= 11 is 6.50. The number of carbonyl (C=O) groups excluding carboxylic acids is 2. The van der Waals surface area contributed by atoms with Gasteiger partial charge in [0.25, 0.3) is 0 Å². The van der Waals surface area contributed by atoms with Gasteiger partial charge in [-0.1, -0.05) is 11.6 Å². The van der Waals surface area contributed by atoms with E-state index in [1.165, 1.54) is 31.1 Å². The van der Waals surface area contributed by atoms with Crippen LogP contribution in [0.4, 0.5) is 21.0 Å². The number of halogens is 1. The van der Waals surface area contributed by atoms with Crippen molar-refractivity contribution in [3.8, 4) is 17.4 Å². The van der Waals surface area contributed by atoms with Gasteiger partial charge >= 0.3 is 12.1 Å². The van der Waals surface area contributed by atoms with E-state index in [1.54, 1.807) is 31.4 Å². The van der Waals surface area contributed by atoms with E-state index in [4.69, 9.17) is 25.8 Å². The number of carbonyl (C=O) groups is 2. The van der Waals surface area contributed by atoms with Gasteiger partial charge in [0.2, 0.25) is 5.88 Å². The van der Waals surface area contributed by atoms with Crippen LogP contribution in [0.1, 0.15) is 5.56 Å². The van der Waals surface area contributed by atoms with Gasteiger partial charge in [-0.15, -0.1) is 0 Å². The molecule has 0 atom stereocenters. The molecule has 0 spiro atoms. The third kappa shape index (κ3) is 3.44. The van der Waals surface area contributed by atoms with E-state index in [2.05, 4.69) is 15.3 Å². The molecule has 10 nitrogen and oxygen atoms in total. The van der Waals surface area contributed by atoms with Crippen molar-refractivity contribution in [2.45, 2.75) is 6.54 Å². The van der Waals surface area contributed by atoms with Crippen molar-refractivity contribution in [2.75, 3.05) is 38.1 Å². The summed E-state index contributed by atoms with van der Waals surface area (Å²) in [4.78, 5) is 35.2. The van der Waals surface area contributed by atoms with Crippen LogP contribution < -0.4 is 29.3 Å². The zero-order valence-corrected chi connectivity index (χ0v) is 18.0. The van der Waals surface area contributed by atoms with E-state index in [-0.39, 0.29) is 18.5 Å². The highest BCUT2D eigenvalue weighted by molar-refractivity contribution is 6.35. The van der Waals surface area contributed by atoms with Crippen LogP contribution in [0.25, 0.3) is 11.0 Å². The van der Waals surface area contributed by atoms with Gasteiger partial charge in [0.05, 0.1) is 32.1 Å². The number of amides is 3. The van der Waals surface area contributed by atoms with Gasteiger partial charge in [-0.25, -0.2) is 14.6 Å². The highest BCUT2D eigenvalue weighted by Gasteiger charge is 2.33. The second-order valence-corrected chi connectivity index (χ2v) is 7.14. The molecular weight excluding hydrogens is 426 g/mol. The maximum atomic E-state index is 13.3. The van der Waals surface area contributed by atoms with Gasteiger partial charge in [-0.3, -0.25) is 9.80 Å². The van der Waals surface area contributed by atoms with Crippen LogP contribution in [0.2, 0.25) is 5.02 Å². The average Bonchev–Trinajstić information content (AvgIpc) is 3.18.